The number of amides is 2. The molecule has 2 heterocycles. The van der Waals surface area contributed by atoms with Crippen molar-refractivity contribution in [2.75, 3.05) is 11.9 Å². The fraction of sp³-hybridized carbons (Fsp3) is 0.524. The lowest BCUT2D eigenvalue weighted by atomic mass is 9.96. The van der Waals surface area contributed by atoms with Crippen LogP contribution in [0, 0.1) is 5.41 Å². The van der Waals surface area contributed by atoms with Gasteiger partial charge in [0.2, 0.25) is 11.8 Å². The van der Waals surface area contributed by atoms with Crippen LogP contribution >= 0.6 is 0 Å². The van der Waals surface area contributed by atoms with E-state index in [4.69, 9.17) is 0 Å². The monoisotopic (exact) mass is 383 g/mol. The lowest BCUT2D eigenvalue weighted by molar-refractivity contribution is -0.128. The number of fused-ring (bicyclic) bond motifs is 1. The van der Waals surface area contributed by atoms with Gasteiger partial charge in [-0.3, -0.25) is 9.59 Å². The fourth-order valence-electron chi connectivity index (χ4n) is 3.21. The fourth-order valence-corrected chi connectivity index (χ4v) is 3.21. The molecule has 0 unspecified atom stereocenters. The highest BCUT2D eigenvalue weighted by molar-refractivity contribution is 5.92. The first kappa shape index (κ1) is 20.0. The molecule has 150 valence electrons. The van der Waals surface area contributed by atoms with Crippen molar-refractivity contribution >= 4 is 17.5 Å². The highest BCUT2D eigenvalue weighted by atomic mass is 16.2. The van der Waals surface area contributed by atoms with Gasteiger partial charge >= 0.3 is 0 Å². The summed E-state index contributed by atoms with van der Waals surface area (Å²) in [7, 11) is 0. The number of rotatable bonds is 5. The summed E-state index contributed by atoms with van der Waals surface area (Å²) in [4.78, 5) is 24.1. The molecule has 1 aliphatic rings. The van der Waals surface area contributed by atoms with Gasteiger partial charge in [0.15, 0.2) is 5.82 Å². The van der Waals surface area contributed by atoms with E-state index in [-0.39, 0.29) is 18.2 Å². The van der Waals surface area contributed by atoms with Gasteiger partial charge in [0, 0.05) is 42.6 Å². The molecule has 0 fully saturated rings. The third kappa shape index (κ3) is 4.97. The van der Waals surface area contributed by atoms with Crippen LogP contribution in [0.3, 0.4) is 0 Å². The third-order valence-electron chi connectivity index (χ3n) is 4.83. The van der Waals surface area contributed by atoms with Crippen molar-refractivity contribution < 1.29 is 9.59 Å². The van der Waals surface area contributed by atoms with E-state index >= 15 is 0 Å². The quantitative estimate of drug-likeness (QED) is 0.830. The summed E-state index contributed by atoms with van der Waals surface area (Å²) in [6.07, 6.45) is 4.69. The van der Waals surface area contributed by atoms with E-state index in [1.807, 2.05) is 45.0 Å². The van der Waals surface area contributed by atoms with E-state index in [0.717, 1.165) is 48.7 Å². The highest BCUT2D eigenvalue weighted by Crippen LogP contribution is 2.25. The van der Waals surface area contributed by atoms with Gasteiger partial charge in [0.05, 0.1) is 0 Å². The van der Waals surface area contributed by atoms with Crippen molar-refractivity contribution in [1.82, 2.24) is 20.1 Å². The second kappa shape index (κ2) is 8.54. The maximum absolute atomic E-state index is 12.2. The number of hydrogen-bond donors (Lipinski definition) is 2. The molecule has 1 aromatic heterocycles. The molecule has 2 N–H and O–H groups in total. The Morgan fingerprint density at radius 2 is 1.96 bits per heavy atom. The minimum absolute atomic E-state index is 0.0604. The maximum Gasteiger partial charge on any atom is 0.226 e. The van der Waals surface area contributed by atoms with Gasteiger partial charge in [-0.15, -0.1) is 10.2 Å². The van der Waals surface area contributed by atoms with E-state index in [0.29, 0.717) is 6.54 Å². The molecule has 7 heteroatoms. The van der Waals surface area contributed by atoms with Gasteiger partial charge in [-0.25, -0.2) is 0 Å². The number of carbonyl (C=O) groups excluding carboxylic acids is 2. The molecule has 0 aliphatic carbocycles. The SMILES string of the molecule is CC(C)(C)C(=O)NCCC(=O)Nc1cccc(-c2nnc3n2CCCCC3)c1. The first-order chi connectivity index (χ1) is 13.3. The average molecular weight is 383 g/mol. The number of anilines is 1. The molecule has 0 radical (unpaired) electrons. The molecule has 0 atom stereocenters. The molecule has 28 heavy (non-hydrogen) atoms. The minimum atomic E-state index is -0.457. The number of nitrogens with one attached hydrogen (secondary N) is 2. The van der Waals surface area contributed by atoms with Gasteiger partial charge in [0.25, 0.3) is 0 Å². The summed E-state index contributed by atoms with van der Waals surface area (Å²) < 4.78 is 2.19. The number of aromatic nitrogens is 3. The minimum Gasteiger partial charge on any atom is -0.355 e. The largest absolute Gasteiger partial charge is 0.355 e. The van der Waals surface area contributed by atoms with Gasteiger partial charge in [-0.05, 0) is 25.0 Å². The molecular weight excluding hydrogens is 354 g/mol. The van der Waals surface area contributed by atoms with E-state index in [1.54, 1.807) is 0 Å². The molecule has 0 saturated carbocycles. The Bertz CT molecular complexity index is 851. The van der Waals surface area contributed by atoms with Crippen LogP contribution in [0.4, 0.5) is 5.69 Å². The first-order valence-corrected chi connectivity index (χ1v) is 9.95. The zero-order valence-corrected chi connectivity index (χ0v) is 16.9. The Kier molecular flexibility index (Phi) is 6.11. The molecule has 1 aromatic carbocycles. The molecule has 2 aromatic rings. The summed E-state index contributed by atoms with van der Waals surface area (Å²) in [5.41, 5.74) is 1.20. The number of nitrogens with zero attached hydrogens (tertiary/aromatic N) is 3. The van der Waals surface area contributed by atoms with Crippen molar-refractivity contribution in [3.05, 3.63) is 30.1 Å². The normalized spacial score (nSPS) is 14.1. The lowest BCUT2D eigenvalue weighted by Crippen LogP contribution is -2.36. The Morgan fingerprint density at radius 1 is 1.14 bits per heavy atom. The number of benzene rings is 1. The second-order valence-corrected chi connectivity index (χ2v) is 8.29. The van der Waals surface area contributed by atoms with Crippen LogP contribution in [0.15, 0.2) is 24.3 Å². The zero-order chi connectivity index (χ0) is 20.1. The van der Waals surface area contributed by atoms with E-state index < -0.39 is 5.41 Å². The smallest absolute Gasteiger partial charge is 0.226 e. The van der Waals surface area contributed by atoms with E-state index in [9.17, 15) is 9.59 Å². The summed E-state index contributed by atoms with van der Waals surface area (Å²) in [6, 6.07) is 7.68. The molecule has 2 amide bonds. The average Bonchev–Trinajstić information content (AvgIpc) is 2.89. The molecule has 3 rings (SSSR count). The highest BCUT2D eigenvalue weighted by Gasteiger charge is 2.20. The van der Waals surface area contributed by atoms with Gasteiger partial charge in [-0.1, -0.05) is 39.3 Å². The van der Waals surface area contributed by atoms with Gasteiger partial charge in [0.1, 0.15) is 5.82 Å². The zero-order valence-electron chi connectivity index (χ0n) is 16.9. The van der Waals surface area contributed by atoms with Gasteiger partial charge in [-0.2, -0.15) is 0 Å². The predicted molar refractivity (Wildman–Crippen MR) is 109 cm³/mol. The Labute approximate surface area is 165 Å². The number of hydrogen-bond acceptors (Lipinski definition) is 4. The van der Waals surface area contributed by atoms with Crippen molar-refractivity contribution in [2.45, 2.75) is 59.4 Å². The summed E-state index contributed by atoms with van der Waals surface area (Å²) >= 11 is 0. The number of aryl methyl sites for hydroxylation is 1. The third-order valence-corrected chi connectivity index (χ3v) is 4.83. The van der Waals surface area contributed by atoms with Crippen LogP contribution in [0.25, 0.3) is 11.4 Å². The van der Waals surface area contributed by atoms with Crippen LogP contribution < -0.4 is 10.6 Å². The first-order valence-electron chi connectivity index (χ1n) is 9.95. The Morgan fingerprint density at radius 3 is 2.75 bits per heavy atom. The molecular formula is C21H29N5O2. The van der Waals surface area contributed by atoms with E-state index in [2.05, 4.69) is 25.4 Å². The second-order valence-electron chi connectivity index (χ2n) is 8.29. The summed E-state index contributed by atoms with van der Waals surface area (Å²) in [5.74, 6) is 1.70. The molecule has 1 aliphatic heterocycles. The summed E-state index contributed by atoms with van der Waals surface area (Å²) in [6.45, 7) is 6.79. The molecule has 0 spiro atoms. The lowest BCUT2D eigenvalue weighted by Gasteiger charge is -2.17. The standard InChI is InChI=1S/C21H29N5O2/c1-21(2,3)20(28)22-12-11-18(27)23-16-9-7-8-15(14-16)19-25-24-17-10-5-4-6-13-26(17)19/h7-9,14H,4-6,10-13H2,1-3H3,(H,22,28)(H,23,27). The van der Waals surface area contributed by atoms with E-state index in [1.165, 1.54) is 6.42 Å². The summed E-state index contributed by atoms with van der Waals surface area (Å²) in [5, 5.41) is 14.4. The topological polar surface area (TPSA) is 88.9 Å². The van der Waals surface area contributed by atoms with Crippen molar-refractivity contribution in [1.29, 1.82) is 0 Å². The molecule has 7 nitrogen and oxygen atoms in total. The Hall–Kier alpha value is -2.70. The van der Waals surface area contributed by atoms with Crippen LogP contribution in [0.5, 0.6) is 0 Å². The molecule has 0 bridgehead atoms. The van der Waals surface area contributed by atoms with Crippen LogP contribution in [-0.2, 0) is 22.6 Å². The van der Waals surface area contributed by atoms with Crippen LogP contribution in [-0.4, -0.2) is 33.1 Å². The van der Waals surface area contributed by atoms with Crippen molar-refractivity contribution in [3.63, 3.8) is 0 Å². The number of carbonyl (C=O) groups is 2. The predicted octanol–water partition coefficient (Wildman–Crippen LogP) is 3.16. The van der Waals surface area contributed by atoms with Crippen molar-refractivity contribution in [3.8, 4) is 11.4 Å². The van der Waals surface area contributed by atoms with Crippen LogP contribution in [0.2, 0.25) is 0 Å². The van der Waals surface area contributed by atoms with Crippen molar-refractivity contribution in [2.24, 2.45) is 5.41 Å². The van der Waals surface area contributed by atoms with Crippen LogP contribution in [0.1, 0.15) is 52.3 Å². The maximum atomic E-state index is 12.2. The Balaban J connectivity index is 1.62. The van der Waals surface area contributed by atoms with Gasteiger partial charge < -0.3 is 15.2 Å². The molecule has 0 saturated heterocycles.